The van der Waals surface area contributed by atoms with Crippen LogP contribution in [-0.2, 0) is 13.0 Å². The van der Waals surface area contributed by atoms with Crippen molar-refractivity contribution in [3.05, 3.63) is 54.1 Å². The van der Waals surface area contributed by atoms with Crippen LogP contribution in [0.1, 0.15) is 38.4 Å². The van der Waals surface area contributed by atoms with Gasteiger partial charge in [0.05, 0.1) is 6.33 Å². The lowest BCUT2D eigenvalue weighted by Gasteiger charge is -2.06. The smallest absolute Gasteiger partial charge is 0.0951 e. The molecule has 2 heteroatoms. The lowest BCUT2D eigenvalue weighted by atomic mass is 10.2. The third kappa shape index (κ3) is 4.06. The number of hydrogen-bond acceptors (Lipinski definition) is 1. The second-order valence-electron chi connectivity index (χ2n) is 3.75. The monoisotopic (exact) mass is 230 g/mol. The summed E-state index contributed by atoms with van der Waals surface area (Å²) in [5.41, 5.74) is 2.65. The summed E-state index contributed by atoms with van der Waals surface area (Å²) in [5, 5.41) is 0. The van der Waals surface area contributed by atoms with Gasteiger partial charge in [-0.2, -0.15) is 0 Å². The Labute approximate surface area is 104 Å². The van der Waals surface area contributed by atoms with Gasteiger partial charge in [0, 0.05) is 18.4 Å². The molecule has 1 heterocycles. The van der Waals surface area contributed by atoms with E-state index in [-0.39, 0.29) is 0 Å². The van der Waals surface area contributed by atoms with Crippen LogP contribution < -0.4 is 0 Å². The Morgan fingerprint density at radius 3 is 2.47 bits per heavy atom. The fraction of sp³-hybridized carbons (Fsp3) is 0.400. The van der Waals surface area contributed by atoms with Crippen LogP contribution in [0.5, 0.6) is 0 Å². The van der Waals surface area contributed by atoms with Crippen molar-refractivity contribution in [2.45, 2.75) is 40.2 Å². The fourth-order valence-corrected chi connectivity index (χ4v) is 1.73. The molecular formula is C15H22N2. The van der Waals surface area contributed by atoms with E-state index >= 15 is 0 Å². The van der Waals surface area contributed by atoms with Crippen LogP contribution >= 0.6 is 0 Å². The minimum absolute atomic E-state index is 0.927. The van der Waals surface area contributed by atoms with Crippen molar-refractivity contribution in [3.8, 4) is 0 Å². The Kier molecular flexibility index (Phi) is 6.08. The van der Waals surface area contributed by atoms with E-state index in [0.717, 1.165) is 13.0 Å². The van der Waals surface area contributed by atoms with Crippen molar-refractivity contribution in [1.29, 1.82) is 0 Å². The quantitative estimate of drug-likeness (QED) is 0.778. The van der Waals surface area contributed by atoms with Gasteiger partial charge in [0.25, 0.3) is 0 Å². The number of imidazole rings is 1. The van der Waals surface area contributed by atoms with E-state index in [4.69, 9.17) is 0 Å². The van der Waals surface area contributed by atoms with Gasteiger partial charge in [0.2, 0.25) is 0 Å². The number of aromatic nitrogens is 2. The third-order valence-corrected chi connectivity index (χ3v) is 2.50. The van der Waals surface area contributed by atoms with Gasteiger partial charge in [0.15, 0.2) is 0 Å². The summed E-state index contributed by atoms with van der Waals surface area (Å²) >= 11 is 0. The van der Waals surface area contributed by atoms with Gasteiger partial charge in [-0.15, -0.1) is 0 Å². The third-order valence-electron chi connectivity index (χ3n) is 2.50. The normalized spacial score (nSPS) is 9.59. The molecule has 0 radical (unpaired) electrons. The summed E-state index contributed by atoms with van der Waals surface area (Å²) in [5.74, 6) is 0. The van der Waals surface area contributed by atoms with Gasteiger partial charge in [-0.3, -0.25) is 0 Å². The molecule has 0 spiro atoms. The molecule has 0 aliphatic heterocycles. The first-order valence-electron chi connectivity index (χ1n) is 6.43. The summed E-state index contributed by atoms with van der Waals surface area (Å²) < 4.78 is 2.22. The van der Waals surface area contributed by atoms with E-state index in [2.05, 4.69) is 40.7 Å². The van der Waals surface area contributed by atoms with E-state index < -0.39 is 0 Å². The topological polar surface area (TPSA) is 17.8 Å². The number of benzene rings is 1. The Balaban J connectivity index is 0.000000686. The van der Waals surface area contributed by atoms with Gasteiger partial charge in [-0.1, -0.05) is 57.5 Å². The molecule has 0 unspecified atom stereocenters. The summed E-state index contributed by atoms with van der Waals surface area (Å²) in [7, 11) is 0. The van der Waals surface area contributed by atoms with Crippen LogP contribution in [0, 0.1) is 0 Å². The molecule has 1 aromatic heterocycles. The average molecular weight is 230 g/mol. The van der Waals surface area contributed by atoms with Crippen LogP contribution in [0.3, 0.4) is 0 Å². The zero-order valence-corrected chi connectivity index (χ0v) is 11.1. The molecule has 2 nitrogen and oxygen atoms in total. The minimum atomic E-state index is 0.927. The van der Waals surface area contributed by atoms with Crippen molar-refractivity contribution in [2.75, 3.05) is 0 Å². The summed E-state index contributed by atoms with van der Waals surface area (Å²) in [6.45, 7) is 7.12. The first-order chi connectivity index (χ1) is 8.40. The van der Waals surface area contributed by atoms with E-state index in [0.29, 0.717) is 0 Å². The maximum absolute atomic E-state index is 4.20. The molecule has 2 rings (SSSR count). The molecule has 17 heavy (non-hydrogen) atoms. The average Bonchev–Trinajstić information content (AvgIpc) is 2.81. The highest BCUT2D eigenvalue weighted by atomic mass is 15.0. The summed E-state index contributed by atoms with van der Waals surface area (Å²) in [6.07, 6.45) is 6.15. The molecule has 0 bridgehead atoms. The van der Waals surface area contributed by atoms with Gasteiger partial charge in [0.1, 0.15) is 0 Å². The van der Waals surface area contributed by atoms with Crippen molar-refractivity contribution >= 4 is 0 Å². The Hall–Kier alpha value is -1.57. The molecule has 1 aromatic carbocycles. The Bertz CT molecular complexity index is 404. The van der Waals surface area contributed by atoms with Crippen molar-refractivity contribution in [3.63, 3.8) is 0 Å². The molecule has 0 aliphatic carbocycles. The first-order valence-corrected chi connectivity index (χ1v) is 6.43. The Morgan fingerprint density at radius 1 is 1.12 bits per heavy atom. The predicted molar refractivity (Wildman–Crippen MR) is 73.1 cm³/mol. The number of hydrogen-bond donors (Lipinski definition) is 0. The highest BCUT2D eigenvalue weighted by molar-refractivity contribution is 5.16. The zero-order chi connectivity index (χ0) is 12.5. The fourth-order valence-electron chi connectivity index (χ4n) is 1.73. The van der Waals surface area contributed by atoms with Crippen LogP contribution in [0.25, 0.3) is 0 Å². The van der Waals surface area contributed by atoms with Gasteiger partial charge in [-0.05, 0) is 12.0 Å². The van der Waals surface area contributed by atoms with Crippen LogP contribution in [0.15, 0.2) is 42.9 Å². The number of nitrogens with zero attached hydrogens (tertiary/aromatic N) is 2. The van der Waals surface area contributed by atoms with E-state index in [1.54, 1.807) is 0 Å². The molecule has 0 amide bonds. The van der Waals surface area contributed by atoms with Crippen LogP contribution in [0.2, 0.25) is 0 Å². The summed E-state index contributed by atoms with van der Waals surface area (Å²) in [6, 6.07) is 10.5. The molecule has 0 aliphatic rings. The van der Waals surface area contributed by atoms with Crippen molar-refractivity contribution < 1.29 is 0 Å². The van der Waals surface area contributed by atoms with Crippen LogP contribution in [-0.4, -0.2) is 9.55 Å². The molecule has 92 valence electrons. The lowest BCUT2D eigenvalue weighted by Crippen LogP contribution is -2.02. The van der Waals surface area contributed by atoms with Crippen molar-refractivity contribution in [1.82, 2.24) is 9.55 Å². The molecule has 0 saturated carbocycles. The first kappa shape index (κ1) is 13.5. The van der Waals surface area contributed by atoms with E-state index in [1.165, 1.54) is 17.7 Å². The molecular weight excluding hydrogens is 208 g/mol. The minimum Gasteiger partial charge on any atom is -0.330 e. The van der Waals surface area contributed by atoms with Gasteiger partial charge < -0.3 is 4.57 Å². The molecule has 2 aromatic rings. The number of aryl methyl sites for hydroxylation is 1. The van der Waals surface area contributed by atoms with E-state index in [9.17, 15) is 0 Å². The second kappa shape index (κ2) is 7.66. The lowest BCUT2D eigenvalue weighted by molar-refractivity contribution is 0.723. The molecule has 0 N–H and O–H groups in total. The highest BCUT2D eigenvalue weighted by Crippen LogP contribution is 2.07. The second-order valence-corrected chi connectivity index (χ2v) is 3.75. The zero-order valence-electron chi connectivity index (χ0n) is 11.1. The molecule has 0 fully saturated rings. The predicted octanol–water partition coefficient (Wildman–Crippen LogP) is 3.91. The van der Waals surface area contributed by atoms with Crippen molar-refractivity contribution in [2.24, 2.45) is 0 Å². The summed E-state index contributed by atoms with van der Waals surface area (Å²) in [4.78, 5) is 4.20. The molecule has 0 atom stereocenters. The van der Waals surface area contributed by atoms with Crippen LogP contribution in [0.4, 0.5) is 0 Å². The largest absolute Gasteiger partial charge is 0.330 e. The van der Waals surface area contributed by atoms with E-state index in [1.807, 2.05) is 32.4 Å². The maximum atomic E-state index is 4.20. The standard InChI is InChI=1S/C13H16N2.C2H6/c1-2-6-13-9-14-11-15(13)10-12-7-4-3-5-8-12;1-2/h3-5,7-9,11H,2,6,10H2,1H3;1-2H3. The maximum Gasteiger partial charge on any atom is 0.0951 e. The van der Waals surface area contributed by atoms with Gasteiger partial charge in [-0.25, -0.2) is 4.98 Å². The highest BCUT2D eigenvalue weighted by Gasteiger charge is 2.00. The number of rotatable bonds is 4. The Morgan fingerprint density at radius 2 is 1.82 bits per heavy atom. The molecule has 0 saturated heterocycles. The SMILES string of the molecule is CC.CCCc1cncn1Cc1ccccc1. The van der Waals surface area contributed by atoms with Gasteiger partial charge >= 0.3 is 0 Å².